The van der Waals surface area contributed by atoms with Gasteiger partial charge in [0.2, 0.25) is 5.91 Å². The number of nitrogens with one attached hydrogen (secondary N) is 1. The minimum absolute atomic E-state index is 0.0858. The number of aromatic nitrogens is 3. The van der Waals surface area contributed by atoms with Gasteiger partial charge in [-0.05, 0) is 6.07 Å². The molecular formula is C15H20N4O4. The van der Waals surface area contributed by atoms with Crippen LogP contribution in [-0.2, 0) is 17.9 Å². The molecule has 2 aromatic rings. The summed E-state index contributed by atoms with van der Waals surface area (Å²) in [7, 11) is 4.69. The van der Waals surface area contributed by atoms with Gasteiger partial charge in [0.05, 0.1) is 27.9 Å². The standard InChI is InChI=1S/C15H20N4O4/c1-21-12-7-14(23-3)13(22-2)6-11(12)8-17-15(20)4-5-19-10-16-9-18-19/h6-7,9-10H,4-5,8H2,1-3H3,(H,17,20). The monoisotopic (exact) mass is 320 g/mol. The molecule has 124 valence electrons. The van der Waals surface area contributed by atoms with Gasteiger partial charge in [0.25, 0.3) is 0 Å². The second-order valence-corrected chi connectivity index (χ2v) is 4.70. The molecule has 1 amide bonds. The van der Waals surface area contributed by atoms with Gasteiger partial charge < -0.3 is 19.5 Å². The van der Waals surface area contributed by atoms with Crippen LogP contribution in [0.25, 0.3) is 0 Å². The SMILES string of the molecule is COc1cc(OC)c(OC)cc1CNC(=O)CCn1cncn1. The number of carbonyl (C=O) groups is 1. The highest BCUT2D eigenvalue weighted by atomic mass is 16.5. The summed E-state index contributed by atoms with van der Waals surface area (Å²) < 4.78 is 17.4. The first-order chi connectivity index (χ1) is 11.2. The van der Waals surface area contributed by atoms with E-state index in [1.165, 1.54) is 6.33 Å². The number of methoxy groups -OCH3 is 3. The van der Waals surface area contributed by atoms with Crippen LogP contribution in [0.3, 0.4) is 0 Å². The Bertz CT molecular complexity index is 643. The van der Waals surface area contributed by atoms with E-state index in [-0.39, 0.29) is 5.91 Å². The molecule has 23 heavy (non-hydrogen) atoms. The minimum atomic E-state index is -0.0858. The number of hydrogen-bond acceptors (Lipinski definition) is 6. The fraction of sp³-hybridized carbons (Fsp3) is 0.400. The molecule has 0 atom stereocenters. The number of ether oxygens (including phenoxy) is 3. The number of hydrogen-bond donors (Lipinski definition) is 1. The largest absolute Gasteiger partial charge is 0.496 e. The van der Waals surface area contributed by atoms with E-state index in [4.69, 9.17) is 14.2 Å². The molecule has 1 aromatic heterocycles. The third kappa shape index (κ3) is 4.35. The van der Waals surface area contributed by atoms with Crippen molar-refractivity contribution in [2.75, 3.05) is 21.3 Å². The number of carbonyl (C=O) groups excluding carboxylic acids is 1. The Morgan fingerprint density at radius 1 is 1.13 bits per heavy atom. The Kier molecular flexibility index (Phi) is 5.79. The van der Waals surface area contributed by atoms with Gasteiger partial charge in [0.15, 0.2) is 11.5 Å². The summed E-state index contributed by atoms with van der Waals surface area (Å²) >= 11 is 0. The number of amides is 1. The van der Waals surface area contributed by atoms with Crippen molar-refractivity contribution in [3.05, 3.63) is 30.4 Å². The lowest BCUT2D eigenvalue weighted by molar-refractivity contribution is -0.121. The summed E-state index contributed by atoms with van der Waals surface area (Å²) in [4.78, 5) is 15.7. The van der Waals surface area contributed by atoms with Gasteiger partial charge in [0, 0.05) is 24.6 Å². The van der Waals surface area contributed by atoms with Crippen LogP contribution in [0, 0.1) is 0 Å². The van der Waals surface area contributed by atoms with E-state index in [1.807, 2.05) is 0 Å². The Morgan fingerprint density at radius 2 is 1.83 bits per heavy atom. The normalized spacial score (nSPS) is 10.2. The molecule has 2 rings (SSSR count). The molecule has 0 unspecified atom stereocenters. The third-order valence-corrected chi connectivity index (χ3v) is 3.30. The maximum atomic E-state index is 11.9. The number of rotatable bonds is 8. The fourth-order valence-corrected chi connectivity index (χ4v) is 2.08. The molecule has 0 aliphatic rings. The zero-order chi connectivity index (χ0) is 16.7. The van der Waals surface area contributed by atoms with Crippen molar-refractivity contribution >= 4 is 5.91 Å². The van der Waals surface area contributed by atoms with Crippen molar-refractivity contribution in [3.63, 3.8) is 0 Å². The van der Waals surface area contributed by atoms with Gasteiger partial charge in [0.1, 0.15) is 18.4 Å². The maximum absolute atomic E-state index is 11.9. The summed E-state index contributed by atoms with van der Waals surface area (Å²) in [6.45, 7) is 0.814. The Labute approximate surface area is 134 Å². The average molecular weight is 320 g/mol. The van der Waals surface area contributed by atoms with E-state index in [2.05, 4.69) is 15.4 Å². The van der Waals surface area contributed by atoms with Crippen LogP contribution >= 0.6 is 0 Å². The zero-order valence-electron chi connectivity index (χ0n) is 13.4. The first-order valence-corrected chi connectivity index (χ1v) is 7.06. The molecular weight excluding hydrogens is 300 g/mol. The smallest absolute Gasteiger partial charge is 0.222 e. The lowest BCUT2D eigenvalue weighted by atomic mass is 10.1. The molecule has 0 aliphatic carbocycles. The van der Waals surface area contributed by atoms with Crippen LogP contribution < -0.4 is 19.5 Å². The van der Waals surface area contributed by atoms with Crippen molar-refractivity contribution < 1.29 is 19.0 Å². The number of aryl methyl sites for hydroxylation is 1. The molecule has 0 saturated heterocycles. The molecule has 0 saturated carbocycles. The van der Waals surface area contributed by atoms with Gasteiger partial charge >= 0.3 is 0 Å². The number of nitrogens with zero attached hydrogens (tertiary/aromatic N) is 3. The lowest BCUT2D eigenvalue weighted by Gasteiger charge is -2.14. The van der Waals surface area contributed by atoms with Crippen LogP contribution in [-0.4, -0.2) is 42.0 Å². The molecule has 8 nitrogen and oxygen atoms in total. The molecule has 8 heteroatoms. The van der Waals surface area contributed by atoms with E-state index in [0.717, 1.165) is 5.56 Å². The molecule has 0 radical (unpaired) electrons. The molecule has 0 bridgehead atoms. The van der Waals surface area contributed by atoms with Crippen molar-refractivity contribution in [3.8, 4) is 17.2 Å². The fourth-order valence-electron chi connectivity index (χ4n) is 2.08. The molecule has 1 aromatic carbocycles. The van der Waals surface area contributed by atoms with Gasteiger partial charge in [-0.15, -0.1) is 0 Å². The summed E-state index contributed by atoms with van der Waals surface area (Å²) in [5, 5.41) is 6.80. The van der Waals surface area contributed by atoms with E-state index < -0.39 is 0 Å². The van der Waals surface area contributed by atoms with Crippen LogP contribution in [0.5, 0.6) is 17.2 Å². The van der Waals surface area contributed by atoms with Gasteiger partial charge in [-0.2, -0.15) is 5.10 Å². The van der Waals surface area contributed by atoms with Crippen LogP contribution in [0.1, 0.15) is 12.0 Å². The third-order valence-electron chi connectivity index (χ3n) is 3.30. The predicted octanol–water partition coefficient (Wildman–Crippen LogP) is 1.01. The Morgan fingerprint density at radius 3 is 2.43 bits per heavy atom. The quantitative estimate of drug-likeness (QED) is 0.781. The molecule has 0 aliphatic heterocycles. The Hall–Kier alpha value is -2.77. The maximum Gasteiger partial charge on any atom is 0.222 e. The summed E-state index contributed by atoms with van der Waals surface area (Å²) in [5.41, 5.74) is 0.805. The summed E-state index contributed by atoms with van der Waals surface area (Å²) in [5.74, 6) is 1.70. The Balaban J connectivity index is 1.97. The lowest BCUT2D eigenvalue weighted by Crippen LogP contribution is -2.24. The minimum Gasteiger partial charge on any atom is -0.496 e. The average Bonchev–Trinajstić information content (AvgIpc) is 3.10. The first-order valence-electron chi connectivity index (χ1n) is 7.06. The zero-order valence-corrected chi connectivity index (χ0v) is 13.4. The van der Waals surface area contributed by atoms with Crippen molar-refractivity contribution in [2.45, 2.75) is 19.5 Å². The second kappa shape index (κ2) is 8.02. The van der Waals surface area contributed by atoms with E-state index in [9.17, 15) is 4.79 Å². The predicted molar refractivity (Wildman–Crippen MR) is 82.6 cm³/mol. The van der Waals surface area contributed by atoms with Crippen molar-refractivity contribution in [1.82, 2.24) is 20.1 Å². The van der Waals surface area contributed by atoms with Gasteiger partial charge in [-0.1, -0.05) is 0 Å². The van der Waals surface area contributed by atoms with Crippen LogP contribution in [0.2, 0.25) is 0 Å². The van der Waals surface area contributed by atoms with Crippen LogP contribution in [0.15, 0.2) is 24.8 Å². The topological polar surface area (TPSA) is 87.5 Å². The molecule has 1 heterocycles. The molecule has 0 spiro atoms. The van der Waals surface area contributed by atoms with Gasteiger partial charge in [-0.3, -0.25) is 9.48 Å². The van der Waals surface area contributed by atoms with E-state index in [1.54, 1.807) is 44.5 Å². The highest BCUT2D eigenvalue weighted by molar-refractivity contribution is 5.75. The van der Waals surface area contributed by atoms with Gasteiger partial charge in [-0.25, -0.2) is 4.98 Å². The highest BCUT2D eigenvalue weighted by Crippen LogP contribution is 2.34. The van der Waals surface area contributed by atoms with Crippen molar-refractivity contribution in [1.29, 1.82) is 0 Å². The molecule has 1 N–H and O–H groups in total. The van der Waals surface area contributed by atoms with E-state index >= 15 is 0 Å². The molecule has 0 fully saturated rings. The van der Waals surface area contributed by atoms with E-state index in [0.29, 0.717) is 36.8 Å². The first kappa shape index (κ1) is 16.6. The van der Waals surface area contributed by atoms with Crippen molar-refractivity contribution in [2.24, 2.45) is 0 Å². The highest BCUT2D eigenvalue weighted by Gasteiger charge is 2.12. The summed E-state index contributed by atoms with van der Waals surface area (Å²) in [6.07, 6.45) is 3.33. The second-order valence-electron chi connectivity index (χ2n) is 4.70. The number of benzene rings is 1. The van der Waals surface area contributed by atoms with Crippen LogP contribution in [0.4, 0.5) is 0 Å². The summed E-state index contributed by atoms with van der Waals surface area (Å²) in [6, 6.07) is 3.52.